The number of benzene rings is 2. The average Bonchev–Trinajstić information content (AvgIpc) is 2.43. The molecule has 2 N–H and O–H groups in total. The van der Waals surface area contributed by atoms with Crippen molar-refractivity contribution in [1.82, 2.24) is 0 Å². The van der Waals surface area contributed by atoms with Gasteiger partial charge in [0.15, 0.2) is 0 Å². The molecule has 0 saturated heterocycles. The number of amides is 2. The highest BCUT2D eigenvalue weighted by Gasteiger charge is 2.08. The molecule has 0 aliphatic heterocycles. The zero-order chi connectivity index (χ0) is 15.4. The molecule has 0 aliphatic carbocycles. The number of carbonyl (C=O) groups excluding carboxylic acids is 1. The van der Waals surface area contributed by atoms with E-state index in [9.17, 15) is 4.79 Å². The second kappa shape index (κ2) is 6.31. The normalized spacial score (nSPS) is 10.1. The maximum Gasteiger partial charge on any atom is 0.323 e. The van der Waals surface area contributed by atoms with E-state index in [-0.39, 0.29) is 6.03 Å². The molecule has 4 nitrogen and oxygen atoms in total. The second-order valence-corrected chi connectivity index (χ2v) is 5.08. The fraction of sp³-hybridized carbons (Fsp3) is 0.235. The van der Waals surface area contributed by atoms with Crippen molar-refractivity contribution in [2.45, 2.75) is 20.8 Å². The van der Waals surface area contributed by atoms with Crippen LogP contribution in [0.4, 0.5) is 16.2 Å². The molecule has 2 rings (SSSR count). The van der Waals surface area contributed by atoms with Gasteiger partial charge in [-0.3, -0.25) is 0 Å². The van der Waals surface area contributed by atoms with Crippen molar-refractivity contribution in [3.8, 4) is 5.75 Å². The molecule has 110 valence electrons. The third-order valence-corrected chi connectivity index (χ3v) is 3.26. The number of aryl methyl sites for hydroxylation is 3. The van der Waals surface area contributed by atoms with Crippen LogP contribution in [0.2, 0.25) is 0 Å². The Bertz CT molecular complexity index is 625. The number of methoxy groups -OCH3 is 1. The number of hydrogen-bond acceptors (Lipinski definition) is 2. The van der Waals surface area contributed by atoms with E-state index >= 15 is 0 Å². The Balaban J connectivity index is 2.08. The van der Waals surface area contributed by atoms with Gasteiger partial charge in [-0.15, -0.1) is 0 Å². The molecule has 0 spiro atoms. The van der Waals surface area contributed by atoms with E-state index in [2.05, 4.69) is 22.8 Å². The minimum atomic E-state index is -0.254. The van der Waals surface area contributed by atoms with Gasteiger partial charge in [0.1, 0.15) is 5.75 Å². The standard InChI is InChI=1S/C17H20N2O2/c1-11-9-12(2)16(13(3)10-11)19-17(20)18-14-5-7-15(21-4)8-6-14/h5-10H,1-4H3,(H2,18,19,20). The third-order valence-electron chi connectivity index (χ3n) is 3.26. The van der Waals surface area contributed by atoms with Crippen LogP contribution in [0.25, 0.3) is 0 Å². The van der Waals surface area contributed by atoms with Gasteiger partial charge in [-0.2, -0.15) is 0 Å². The van der Waals surface area contributed by atoms with Gasteiger partial charge in [0.25, 0.3) is 0 Å². The van der Waals surface area contributed by atoms with Crippen LogP contribution in [0.3, 0.4) is 0 Å². The zero-order valence-electron chi connectivity index (χ0n) is 12.8. The summed E-state index contributed by atoms with van der Waals surface area (Å²) in [6, 6.07) is 11.1. The van der Waals surface area contributed by atoms with Gasteiger partial charge in [0, 0.05) is 11.4 Å². The molecule has 2 aromatic carbocycles. The average molecular weight is 284 g/mol. The van der Waals surface area contributed by atoms with E-state index in [0.717, 1.165) is 28.3 Å². The first-order valence-corrected chi connectivity index (χ1v) is 6.79. The van der Waals surface area contributed by atoms with Crippen molar-refractivity contribution in [1.29, 1.82) is 0 Å². The molecule has 0 atom stereocenters. The number of ether oxygens (including phenoxy) is 1. The van der Waals surface area contributed by atoms with Crippen LogP contribution < -0.4 is 15.4 Å². The molecule has 0 unspecified atom stereocenters. The lowest BCUT2D eigenvalue weighted by Gasteiger charge is -2.13. The lowest BCUT2D eigenvalue weighted by Crippen LogP contribution is -2.20. The first kappa shape index (κ1) is 14.9. The monoisotopic (exact) mass is 284 g/mol. The summed E-state index contributed by atoms with van der Waals surface area (Å²) in [5.41, 5.74) is 4.86. The number of nitrogens with one attached hydrogen (secondary N) is 2. The minimum absolute atomic E-state index is 0.254. The SMILES string of the molecule is COc1ccc(NC(=O)Nc2c(C)cc(C)cc2C)cc1. The quantitative estimate of drug-likeness (QED) is 0.884. The van der Waals surface area contributed by atoms with E-state index < -0.39 is 0 Å². The number of urea groups is 1. The molecule has 0 saturated carbocycles. The van der Waals surface area contributed by atoms with Crippen LogP contribution in [-0.4, -0.2) is 13.1 Å². The van der Waals surface area contributed by atoms with Gasteiger partial charge in [-0.05, 0) is 56.2 Å². The maximum atomic E-state index is 12.1. The largest absolute Gasteiger partial charge is 0.497 e. The Hall–Kier alpha value is -2.49. The smallest absolute Gasteiger partial charge is 0.323 e. The summed E-state index contributed by atoms with van der Waals surface area (Å²) < 4.78 is 5.08. The van der Waals surface area contributed by atoms with E-state index in [4.69, 9.17) is 4.74 Å². The molecule has 2 aromatic rings. The number of carbonyl (C=O) groups is 1. The summed E-state index contributed by atoms with van der Waals surface area (Å²) in [6.45, 7) is 6.02. The van der Waals surface area contributed by atoms with E-state index in [0.29, 0.717) is 0 Å². The van der Waals surface area contributed by atoms with Crippen molar-refractivity contribution >= 4 is 17.4 Å². The van der Waals surface area contributed by atoms with Gasteiger partial charge in [-0.25, -0.2) is 4.79 Å². The van der Waals surface area contributed by atoms with Crippen molar-refractivity contribution in [3.05, 3.63) is 53.1 Å². The van der Waals surface area contributed by atoms with E-state index in [1.807, 2.05) is 20.8 Å². The van der Waals surface area contributed by atoms with Crippen LogP contribution in [0.5, 0.6) is 5.75 Å². The summed E-state index contributed by atoms with van der Waals surface area (Å²) in [5.74, 6) is 0.756. The lowest BCUT2D eigenvalue weighted by molar-refractivity contribution is 0.262. The third kappa shape index (κ3) is 3.75. The van der Waals surface area contributed by atoms with Gasteiger partial charge >= 0.3 is 6.03 Å². The summed E-state index contributed by atoms with van der Waals surface area (Å²) in [7, 11) is 1.61. The molecule has 0 aliphatic rings. The highest BCUT2D eigenvalue weighted by molar-refractivity contribution is 6.00. The van der Waals surface area contributed by atoms with Gasteiger partial charge in [0.05, 0.1) is 7.11 Å². The molecule has 0 bridgehead atoms. The first-order chi connectivity index (χ1) is 9.99. The summed E-state index contributed by atoms with van der Waals surface area (Å²) in [4.78, 5) is 12.1. The lowest BCUT2D eigenvalue weighted by atomic mass is 10.1. The summed E-state index contributed by atoms with van der Waals surface area (Å²) >= 11 is 0. The highest BCUT2D eigenvalue weighted by Crippen LogP contribution is 2.22. The van der Waals surface area contributed by atoms with Crippen LogP contribution >= 0.6 is 0 Å². The Labute approximate surface area is 125 Å². The van der Waals surface area contributed by atoms with Crippen LogP contribution in [0.15, 0.2) is 36.4 Å². The van der Waals surface area contributed by atoms with E-state index in [1.165, 1.54) is 5.56 Å². The molecule has 21 heavy (non-hydrogen) atoms. The van der Waals surface area contributed by atoms with Gasteiger partial charge < -0.3 is 15.4 Å². The van der Waals surface area contributed by atoms with Crippen LogP contribution in [0.1, 0.15) is 16.7 Å². The second-order valence-electron chi connectivity index (χ2n) is 5.08. The zero-order valence-corrected chi connectivity index (χ0v) is 12.8. The van der Waals surface area contributed by atoms with Crippen LogP contribution in [0, 0.1) is 20.8 Å². The topological polar surface area (TPSA) is 50.4 Å². The predicted molar refractivity (Wildman–Crippen MR) is 86.3 cm³/mol. The predicted octanol–water partition coefficient (Wildman–Crippen LogP) is 4.26. The van der Waals surface area contributed by atoms with Crippen molar-refractivity contribution < 1.29 is 9.53 Å². The molecule has 0 radical (unpaired) electrons. The number of rotatable bonds is 3. The van der Waals surface area contributed by atoms with Crippen molar-refractivity contribution in [2.24, 2.45) is 0 Å². The molecule has 0 heterocycles. The van der Waals surface area contributed by atoms with Gasteiger partial charge in [0.2, 0.25) is 0 Å². The summed E-state index contributed by atoms with van der Waals surface area (Å²) in [5, 5.41) is 5.71. The molecule has 0 fully saturated rings. The number of anilines is 2. The Morgan fingerprint density at radius 1 is 0.952 bits per heavy atom. The molecular formula is C17H20N2O2. The fourth-order valence-electron chi connectivity index (χ4n) is 2.33. The first-order valence-electron chi connectivity index (χ1n) is 6.79. The van der Waals surface area contributed by atoms with Crippen molar-refractivity contribution in [2.75, 3.05) is 17.7 Å². The maximum absolute atomic E-state index is 12.1. The van der Waals surface area contributed by atoms with E-state index in [1.54, 1.807) is 31.4 Å². The summed E-state index contributed by atoms with van der Waals surface area (Å²) in [6.07, 6.45) is 0. The van der Waals surface area contributed by atoms with Gasteiger partial charge in [-0.1, -0.05) is 17.7 Å². The van der Waals surface area contributed by atoms with Crippen LogP contribution in [-0.2, 0) is 0 Å². The molecule has 2 amide bonds. The molecule has 0 aromatic heterocycles. The molecule has 4 heteroatoms. The fourth-order valence-corrected chi connectivity index (χ4v) is 2.33. The molecular weight excluding hydrogens is 264 g/mol. The Kier molecular flexibility index (Phi) is 4.48. The highest BCUT2D eigenvalue weighted by atomic mass is 16.5. The Morgan fingerprint density at radius 3 is 2.05 bits per heavy atom. The van der Waals surface area contributed by atoms with Crippen molar-refractivity contribution in [3.63, 3.8) is 0 Å². The number of hydrogen-bond donors (Lipinski definition) is 2. The minimum Gasteiger partial charge on any atom is -0.497 e. The Morgan fingerprint density at radius 2 is 1.52 bits per heavy atom.